The molecule has 3 aliphatic heterocycles. The van der Waals surface area contributed by atoms with Crippen molar-refractivity contribution in [1.29, 1.82) is 0 Å². The summed E-state index contributed by atoms with van der Waals surface area (Å²) in [6, 6.07) is -1.57. The lowest BCUT2D eigenvalue weighted by molar-refractivity contribution is -0.156. The Morgan fingerprint density at radius 3 is 2.55 bits per heavy atom. The molecule has 3 rings (SSSR count). The first-order valence-corrected chi connectivity index (χ1v) is 11.9. The van der Waals surface area contributed by atoms with Crippen molar-refractivity contribution in [2.75, 3.05) is 19.8 Å². The van der Waals surface area contributed by atoms with Crippen LogP contribution in [0.3, 0.4) is 0 Å². The first-order valence-electron chi connectivity index (χ1n) is 11.9. The van der Waals surface area contributed by atoms with Gasteiger partial charge in [-0.15, -0.1) is 6.58 Å². The van der Waals surface area contributed by atoms with Crippen molar-refractivity contribution < 1.29 is 29.0 Å². The molecule has 0 aromatic rings. The molecule has 2 amide bonds. The van der Waals surface area contributed by atoms with Crippen LogP contribution in [0.2, 0.25) is 0 Å². The summed E-state index contributed by atoms with van der Waals surface area (Å²) >= 11 is 0. The molecule has 3 heterocycles. The highest BCUT2D eigenvalue weighted by Gasteiger charge is 2.75. The summed E-state index contributed by atoms with van der Waals surface area (Å²) in [4.78, 5) is 44.1. The molecule has 3 saturated heterocycles. The number of carbonyl (C=O) groups excluding carboxylic acids is 3. The van der Waals surface area contributed by atoms with E-state index in [0.29, 0.717) is 25.8 Å². The molecule has 0 aliphatic carbocycles. The number of carbonyl (C=O) groups is 3. The van der Waals surface area contributed by atoms with Crippen LogP contribution in [0.4, 0.5) is 0 Å². The quantitative estimate of drug-likeness (QED) is 0.372. The van der Waals surface area contributed by atoms with E-state index in [1.807, 2.05) is 27.7 Å². The van der Waals surface area contributed by atoms with Crippen LogP contribution >= 0.6 is 0 Å². The fourth-order valence-electron chi connectivity index (χ4n) is 5.94. The second-order valence-electron chi connectivity index (χ2n) is 10.1. The van der Waals surface area contributed by atoms with Gasteiger partial charge >= 0.3 is 5.97 Å². The minimum atomic E-state index is -1.10. The first kappa shape index (κ1) is 25.4. The highest BCUT2D eigenvalue weighted by atomic mass is 16.6. The molecule has 2 unspecified atom stereocenters. The Balaban J connectivity index is 2.08. The summed E-state index contributed by atoms with van der Waals surface area (Å²) in [6.07, 6.45) is 4.30. The van der Waals surface area contributed by atoms with Gasteiger partial charge in [-0.05, 0) is 39.0 Å². The van der Waals surface area contributed by atoms with Gasteiger partial charge in [-0.2, -0.15) is 0 Å². The Morgan fingerprint density at radius 1 is 1.30 bits per heavy atom. The summed E-state index contributed by atoms with van der Waals surface area (Å²) in [5.41, 5.74) is -1.10. The smallest absolute Gasteiger partial charge is 0.312 e. The number of ether oxygens (including phenoxy) is 2. The SMILES string of the molecule is C=CCOC(=O)[C@@H]1[C@@H]2CCC3(O2)C(C(=O)N(CC=C)C(C)C)N([C@@H](CO)CC(C)C)C(=O)[C@H]13. The van der Waals surface area contributed by atoms with Crippen LogP contribution in [0.5, 0.6) is 0 Å². The molecule has 0 radical (unpaired) electrons. The van der Waals surface area contributed by atoms with Crippen LogP contribution in [0.15, 0.2) is 25.3 Å². The number of nitrogens with zero attached hydrogens (tertiary/aromatic N) is 2. The molecular formula is C25H38N2O6. The van der Waals surface area contributed by atoms with Crippen molar-refractivity contribution in [3.63, 3.8) is 0 Å². The van der Waals surface area contributed by atoms with E-state index in [1.165, 1.54) is 11.0 Å². The lowest BCUT2D eigenvalue weighted by Crippen LogP contribution is -2.59. The average Bonchev–Trinajstić information content (AvgIpc) is 3.40. The molecule has 8 nitrogen and oxygen atoms in total. The van der Waals surface area contributed by atoms with Crippen LogP contribution in [-0.4, -0.2) is 82.3 Å². The number of hydrogen-bond acceptors (Lipinski definition) is 6. The third-order valence-corrected chi connectivity index (χ3v) is 7.17. The van der Waals surface area contributed by atoms with Gasteiger partial charge in [0.15, 0.2) is 0 Å². The number of likely N-dealkylation sites (tertiary alicyclic amines) is 1. The van der Waals surface area contributed by atoms with Gasteiger partial charge < -0.3 is 24.4 Å². The molecule has 0 aromatic carbocycles. The number of amides is 2. The second kappa shape index (κ2) is 9.97. The second-order valence-corrected chi connectivity index (χ2v) is 10.1. The van der Waals surface area contributed by atoms with Crippen molar-refractivity contribution in [2.45, 2.75) is 76.8 Å². The Kier molecular flexibility index (Phi) is 7.69. The molecule has 1 spiro atoms. The molecule has 3 fully saturated rings. The van der Waals surface area contributed by atoms with Crippen molar-refractivity contribution in [3.8, 4) is 0 Å². The van der Waals surface area contributed by atoms with Gasteiger partial charge in [-0.25, -0.2) is 0 Å². The molecule has 6 atom stereocenters. The van der Waals surface area contributed by atoms with E-state index in [-0.39, 0.29) is 37.0 Å². The molecule has 8 heteroatoms. The van der Waals surface area contributed by atoms with Gasteiger partial charge in [-0.1, -0.05) is 32.6 Å². The highest BCUT2D eigenvalue weighted by Crippen LogP contribution is 2.59. The summed E-state index contributed by atoms with van der Waals surface area (Å²) in [7, 11) is 0. The topological polar surface area (TPSA) is 96.4 Å². The van der Waals surface area contributed by atoms with E-state index >= 15 is 0 Å². The van der Waals surface area contributed by atoms with E-state index in [0.717, 1.165) is 0 Å². The van der Waals surface area contributed by atoms with E-state index in [1.54, 1.807) is 11.0 Å². The molecule has 0 saturated carbocycles. The Bertz CT molecular complexity index is 796. The normalized spacial score (nSPS) is 31.1. The molecule has 184 valence electrons. The van der Waals surface area contributed by atoms with Gasteiger partial charge in [0.25, 0.3) is 0 Å². The zero-order valence-corrected chi connectivity index (χ0v) is 20.2. The maximum Gasteiger partial charge on any atom is 0.312 e. The van der Waals surface area contributed by atoms with Crippen molar-refractivity contribution in [1.82, 2.24) is 9.80 Å². The number of hydrogen-bond donors (Lipinski definition) is 1. The van der Waals surface area contributed by atoms with Gasteiger partial charge in [0.05, 0.1) is 30.6 Å². The minimum absolute atomic E-state index is 0.0507. The summed E-state index contributed by atoms with van der Waals surface area (Å²) < 4.78 is 11.7. The summed E-state index contributed by atoms with van der Waals surface area (Å²) in [6.45, 7) is 15.3. The van der Waals surface area contributed by atoms with Crippen LogP contribution in [-0.2, 0) is 23.9 Å². The lowest BCUT2D eigenvalue weighted by atomic mass is 9.70. The van der Waals surface area contributed by atoms with Crippen molar-refractivity contribution in [3.05, 3.63) is 25.3 Å². The van der Waals surface area contributed by atoms with Crippen LogP contribution in [0.25, 0.3) is 0 Å². The summed E-state index contributed by atoms with van der Waals surface area (Å²) in [5.74, 6) is -2.41. The minimum Gasteiger partial charge on any atom is -0.461 e. The zero-order valence-electron chi connectivity index (χ0n) is 20.2. The fraction of sp³-hybridized carbons (Fsp3) is 0.720. The van der Waals surface area contributed by atoms with E-state index in [9.17, 15) is 19.5 Å². The van der Waals surface area contributed by atoms with Crippen LogP contribution in [0.1, 0.15) is 47.0 Å². The van der Waals surface area contributed by atoms with Crippen molar-refractivity contribution >= 4 is 17.8 Å². The van der Waals surface area contributed by atoms with E-state index in [2.05, 4.69) is 13.2 Å². The maximum atomic E-state index is 14.0. The molecule has 1 N–H and O–H groups in total. The maximum absolute atomic E-state index is 14.0. The van der Waals surface area contributed by atoms with Crippen LogP contribution < -0.4 is 0 Å². The third kappa shape index (κ3) is 4.23. The third-order valence-electron chi connectivity index (χ3n) is 7.17. The molecule has 0 aromatic heterocycles. The molecule has 3 aliphatic rings. The van der Waals surface area contributed by atoms with Gasteiger partial charge in [0, 0.05) is 12.6 Å². The summed E-state index contributed by atoms with van der Waals surface area (Å²) in [5, 5.41) is 10.2. The van der Waals surface area contributed by atoms with E-state index < -0.39 is 41.6 Å². The van der Waals surface area contributed by atoms with Gasteiger partial charge in [0.1, 0.15) is 18.2 Å². The first-order chi connectivity index (χ1) is 15.6. The number of esters is 1. The molecule has 2 bridgehead atoms. The fourth-order valence-corrected chi connectivity index (χ4v) is 5.94. The zero-order chi connectivity index (χ0) is 24.5. The Hall–Kier alpha value is -2.19. The van der Waals surface area contributed by atoms with Crippen LogP contribution in [0, 0.1) is 17.8 Å². The molecular weight excluding hydrogens is 424 g/mol. The highest BCUT2D eigenvalue weighted by molar-refractivity contribution is 5.98. The largest absolute Gasteiger partial charge is 0.461 e. The van der Waals surface area contributed by atoms with Gasteiger partial charge in [-0.3, -0.25) is 14.4 Å². The predicted molar refractivity (Wildman–Crippen MR) is 123 cm³/mol. The number of fused-ring (bicyclic) bond motifs is 1. The standard InChI is InChI=1S/C25H38N2O6/c1-7-11-26(16(5)6)23(30)21-25-10-9-18(33-25)19(24(31)32-12-8-2)20(25)22(29)27(21)17(14-28)13-15(3)4/h7-8,15-21,28H,1-2,9-14H2,3-6H3/t17-,18+,19-,20+,21?,25?/m1/s1. The molecule has 33 heavy (non-hydrogen) atoms. The Labute approximate surface area is 196 Å². The average molecular weight is 463 g/mol. The monoisotopic (exact) mass is 462 g/mol. The predicted octanol–water partition coefficient (Wildman–Crippen LogP) is 1.92. The number of aliphatic hydroxyl groups excluding tert-OH is 1. The van der Waals surface area contributed by atoms with E-state index in [4.69, 9.17) is 9.47 Å². The Morgan fingerprint density at radius 2 is 2.00 bits per heavy atom. The van der Waals surface area contributed by atoms with Gasteiger partial charge in [0.2, 0.25) is 11.8 Å². The number of rotatable bonds is 11. The lowest BCUT2D eigenvalue weighted by Gasteiger charge is -2.40. The number of aliphatic hydroxyl groups is 1. The van der Waals surface area contributed by atoms with Crippen molar-refractivity contribution in [2.24, 2.45) is 17.8 Å².